The van der Waals surface area contributed by atoms with E-state index in [0.29, 0.717) is 19.5 Å². The van der Waals surface area contributed by atoms with E-state index in [1.807, 2.05) is 30.3 Å². The molecule has 0 aliphatic rings. The Morgan fingerprint density at radius 1 is 1.23 bits per heavy atom. The number of rotatable bonds is 7. The zero-order valence-electron chi connectivity index (χ0n) is 12.6. The van der Waals surface area contributed by atoms with Gasteiger partial charge < -0.3 is 15.7 Å². The molecule has 22 heavy (non-hydrogen) atoms. The Kier molecular flexibility index (Phi) is 6.06. The van der Waals surface area contributed by atoms with Gasteiger partial charge in [0.1, 0.15) is 0 Å². The first-order valence-electron chi connectivity index (χ1n) is 7.31. The first kappa shape index (κ1) is 16.1. The summed E-state index contributed by atoms with van der Waals surface area (Å²) < 4.78 is 0. The maximum atomic E-state index is 10.9. The van der Waals surface area contributed by atoms with Crippen molar-refractivity contribution in [2.45, 2.75) is 26.0 Å². The molecule has 0 fully saturated rings. The zero-order chi connectivity index (χ0) is 15.8. The molecule has 1 unspecified atom stereocenters. The van der Waals surface area contributed by atoms with Crippen LogP contribution in [0.15, 0.2) is 48.7 Å². The van der Waals surface area contributed by atoms with E-state index < -0.39 is 6.10 Å². The summed E-state index contributed by atoms with van der Waals surface area (Å²) >= 11 is 0. The highest BCUT2D eigenvalue weighted by atomic mass is 16.3. The lowest BCUT2D eigenvalue weighted by Gasteiger charge is -2.12. The summed E-state index contributed by atoms with van der Waals surface area (Å²) in [6.45, 7) is 2.86. The molecule has 0 bridgehead atoms. The van der Waals surface area contributed by atoms with E-state index in [-0.39, 0.29) is 5.91 Å². The number of aliphatic hydroxyl groups excluding tert-OH is 1. The first-order valence-corrected chi connectivity index (χ1v) is 7.31. The fraction of sp³-hybridized carbons (Fsp3) is 0.294. The first-order chi connectivity index (χ1) is 10.6. The molecule has 1 aromatic carbocycles. The molecule has 5 nitrogen and oxygen atoms in total. The minimum absolute atomic E-state index is 0.105. The van der Waals surface area contributed by atoms with Gasteiger partial charge in [-0.15, -0.1) is 0 Å². The van der Waals surface area contributed by atoms with Gasteiger partial charge in [0, 0.05) is 25.4 Å². The van der Waals surface area contributed by atoms with Crippen LogP contribution in [0.2, 0.25) is 0 Å². The van der Waals surface area contributed by atoms with Crippen LogP contribution in [0, 0.1) is 0 Å². The molecule has 2 rings (SSSR count). The predicted octanol–water partition coefficient (Wildman–Crippen LogP) is 2.25. The van der Waals surface area contributed by atoms with Crippen LogP contribution in [0.3, 0.4) is 0 Å². The van der Waals surface area contributed by atoms with Gasteiger partial charge in [-0.05, 0) is 42.8 Å². The lowest BCUT2D eigenvalue weighted by molar-refractivity contribution is -0.114. The third-order valence-electron chi connectivity index (χ3n) is 3.24. The quantitative estimate of drug-likeness (QED) is 0.686. The van der Waals surface area contributed by atoms with Crippen molar-refractivity contribution in [3.63, 3.8) is 0 Å². The maximum Gasteiger partial charge on any atom is 0.221 e. The largest absolute Gasteiger partial charge is 0.388 e. The highest BCUT2D eigenvalue weighted by Gasteiger charge is 2.07. The molecule has 1 amide bonds. The Hall–Kier alpha value is -2.24. The van der Waals surface area contributed by atoms with E-state index in [0.717, 1.165) is 16.9 Å². The molecule has 0 aliphatic carbocycles. The van der Waals surface area contributed by atoms with Crippen LogP contribution < -0.4 is 10.6 Å². The molecule has 1 atom stereocenters. The van der Waals surface area contributed by atoms with Crippen molar-refractivity contribution in [3.8, 4) is 0 Å². The van der Waals surface area contributed by atoms with Gasteiger partial charge in [-0.1, -0.05) is 18.2 Å². The van der Waals surface area contributed by atoms with Crippen molar-refractivity contribution in [1.82, 2.24) is 10.3 Å². The van der Waals surface area contributed by atoms with Crippen LogP contribution in [-0.2, 0) is 11.3 Å². The van der Waals surface area contributed by atoms with Crippen LogP contribution >= 0.6 is 0 Å². The Labute approximate surface area is 130 Å². The number of anilines is 1. The Morgan fingerprint density at radius 3 is 2.64 bits per heavy atom. The third-order valence-corrected chi connectivity index (χ3v) is 3.24. The summed E-state index contributed by atoms with van der Waals surface area (Å²) in [7, 11) is 0. The Balaban J connectivity index is 1.74. The molecular weight excluding hydrogens is 278 g/mol. The van der Waals surface area contributed by atoms with E-state index in [1.54, 1.807) is 18.3 Å². The number of nitrogens with one attached hydrogen (secondary N) is 2. The third kappa shape index (κ3) is 5.27. The van der Waals surface area contributed by atoms with Crippen molar-refractivity contribution in [3.05, 3.63) is 59.9 Å². The van der Waals surface area contributed by atoms with E-state index in [9.17, 15) is 9.90 Å². The van der Waals surface area contributed by atoms with E-state index in [2.05, 4.69) is 15.6 Å². The number of pyridine rings is 1. The van der Waals surface area contributed by atoms with Gasteiger partial charge >= 0.3 is 0 Å². The molecule has 3 N–H and O–H groups in total. The van der Waals surface area contributed by atoms with Crippen molar-refractivity contribution in [1.29, 1.82) is 0 Å². The van der Waals surface area contributed by atoms with Gasteiger partial charge in [0.25, 0.3) is 0 Å². The number of aliphatic hydroxyl groups is 1. The molecule has 2 aromatic rings. The van der Waals surface area contributed by atoms with Gasteiger partial charge in [0.2, 0.25) is 5.91 Å². The van der Waals surface area contributed by atoms with Gasteiger partial charge in [-0.3, -0.25) is 9.78 Å². The molecule has 0 radical (unpaired) electrons. The van der Waals surface area contributed by atoms with Crippen LogP contribution in [0.25, 0.3) is 0 Å². The summed E-state index contributed by atoms with van der Waals surface area (Å²) in [5.41, 5.74) is 2.56. The van der Waals surface area contributed by atoms with Crippen LogP contribution in [0.4, 0.5) is 5.69 Å². The molecule has 0 spiro atoms. The number of carbonyl (C=O) groups is 1. The fourth-order valence-corrected chi connectivity index (χ4v) is 2.12. The standard InChI is InChI=1S/C17H21N3O2/c1-13(21)20-15-7-5-14(6-8-15)17(22)9-11-18-12-16-4-2-3-10-19-16/h2-8,10,17-18,22H,9,11-12H2,1H3,(H,20,21). The number of nitrogens with zero attached hydrogens (tertiary/aromatic N) is 1. The van der Waals surface area contributed by atoms with E-state index in [1.165, 1.54) is 6.92 Å². The second kappa shape index (κ2) is 8.26. The van der Waals surface area contributed by atoms with E-state index in [4.69, 9.17) is 0 Å². The molecule has 116 valence electrons. The van der Waals surface area contributed by atoms with Crippen molar-refractivity contribution < 1.29 is 9.90 Å². The predicted molar refractivity (Wildman–Crippen MR) is 86.3 cm³/mol. The molecule has 1 heterocycles. The monoisotopic (exact) mass is 299 g/mol. The average Bonchev–Trinajstić information content (AvgIpc) is 2.52. The van der Waals surface area contributed by atoms with Crippen LogP contribution in [0.1, 0.15) is 30.7 Å². The fourth-order valence-electron chi connectivity index (χ4n) is 2.12. The van der Waals surface area contributed by atoms with E-state index >= 15 is 0 Å². The smallest absolute Gasteiger partial charge is 0.221 e. The summed E-state index contributed by atoms with van der Waals surface area (Å²) in [5.74, 6) is -0.105. The summed E-state index contributed by atoms with van der Waals surface area (Å²) in [4.78, 5) is 15.2. The highest BCUT2D eigenvalue weighted by Crippen LogP contribution is 2.18. The second-order valence-corrected chi connectivity index (χ2v) is 5.11. The van der Waals surface area contributed by atoms with Crippen molar-refractivity contribution in [2.24, 2.45) is 0 Å². The van der Waals surface area contributed by atoms with Crippen LogP contribution in [0.5, 0.6) is 0 Å². The molecule has 5 heteroatoms. The van der Waals surface area contributed by atoms with Gasteiger partial charge in [-0.2, -0.15) is 0 Å². The summed E-state index contributed by atoms with van der Waals surface area (Å²) in [6.07, 6.45) is 1.86. The molecule has 0 saturated carbocycles. The Morgan fingerprint density at radius 2 is 2.00 bits per heavy atom. The number of amides is 1. The topological polar surface area (TPSA) is 74.2 Å². The average molecular weight is 299 g/mol. The normalized spacial score (nSPS) is 11.9. The Bertz CT molecular complexity index is 585. The highest BCUT2D eigenvalue weighted by molar-refractivity contribution is 5.88. The minimum atomic E-state index is -0.525. The summed E-state index contributed by atoms with van der Waals surface area (Å²) in [5, 5.41) is 16.1. The van der Waals surface area contributed by atoms with Gasteiger partial charge in [-0.25, -0.2) is 0 Å². The molecule has 1 aromatic heterocycles. The van der Waals surface area contributed by atoms with Crippen molar-refractivity contribution in [2.75, 3.05) is 11.9 Å². The number of hydrogen-bond acceptors (Lipinski definition) is 4. The number of aromatic nitrogens is 1. The van der Waals surface area contributed by atoms with Gasteiger partial charge in [0.05, 0.1) is 11.8 Å². The number of hydrogen-bond donors (Lipinski definition) is 3. The number of carbonyl (C=O) groups excluding carboxylic acids is 1. The molecule has 0 saturated heterocycles. The van der Waals surface area contributed by atoms with Crippen LogP contribution in [-0.4, -0.2) is 22.5 Å². The maximum absolute atomic E-state index is 10.9. The lowest BCUT2D eigenvalue weighted by Crippen LogP contribution is -2.17. The SMILES string of the molecule is CC(=O)Nc1ccc(C(O)CCNCc2ccccn2)cc1. The zero-order valence-corrected chi connectivity index (χ0v) is 12.6. The number of benzene rings is 1. The molecule has 0 aliphatic heterocycles. The van der Waals surface area contributed by atoms with Crippen molar-refractivity contribution >= 4 is 11.6 Å². The summed E-state index contributed by atoms with van der Waals surface area (Å²) in [6, 6.07) is 13.0. The minimum Gasteiger partial charge on any atom is -0.388 e. The molecular formula is C17H21N3O2. The second-order valence-electron chi connectivity index (χ2n) is 5.11. The lowest BCUT2D eigenvalue weighted by atomic mass is 10.1. The van der Waals surface area contributed by atoms with Gasteiger partial charge in [0.15, 0.2) is 0 Å².